The zero-order chi connectivity index (χ0) is 8.15. The highest BCUT2D eigenvalue weighted by Gasteiger charge is 2.14. The van der Waals surface area contributed by atoms with E-state index < -0.39 is 12.0 Å². The third-order valence-corrected chi connectivity index (χ3v) is 1.55. The van der Waals surface area contributed by atoms with E-state index in [1.807, 2.05) is 0 Å². The molecule has 0 unspecified atom stereocenters. The zero-order valence-corrected chi connectivity index (χ0v) is 6.35. The van der Waals surface area contributed by atoms with Crippen LogP contribution in [-0.2, 0) is 9.59 Å². The summed E-state index contributed by atoms with van der Waals surface area (Å²) < 4.78 is 0. The predicted octanol–water partition coefficient (Wildman–Crippen LogP) is -0.322. The number of carboxylic acid groups (broad SMARTS) is 1. The van der Waals surface area contributed by atoms with Crippen molar-refractivity contribution in [2.45, 2.75) is 12.5 Å². The normalized spacial score (nSPS) is 12.6. The van der Waals surface area contributed by atoms with Crippen LogP contribution in [0.5, 0.6) is 0 Å². The summed E-state index contributed by atoms with van der Waals surface area (Å²) in [5.74, 6) is -1.14. The molecular formula is C5H9NO3S. The first kappa shape index (κ1) is 9.45. The summed E-state index contributed by atoms with van der Waals surface area (Å²) in [5, 5.41) is 8.04. The monoisotopic (exact) mass is 163 g/mol. The SMILES string of the molecule is CSC(=O)C[C@H](N)C(=O)O. The summed E-state index contributed by atoms with van der Waals surface area (Å²) in [5.41, 5.74) is 5.06. The second kappa shape index (κ2) is 4.29. The number of thioether (sulfide) groups is 1. The van der Waals surface area contributed by atoms with E-state index in [-0.39, 0.29) is 11.5 Å². The Morgan fingerprint density at radius 1 is 1.70 bits per heavy atom. The number of hydrogen-bond donors (Lipinski definition) is 2. The third-order valence-electron chi connectivity index (χ3n) is 0.931. The standard InChI is InChI=1S/C5H9NO3S/c1-10-4(7)2-3(6)5(8)9/h3H,2,6H2,1H3,(H,8,9)/t3-/m0/s1. The summed E-state index contributed by atoms with van der Waals surface area (Å²) >= 11 is 0.988. The predicted molar refractivity (Wildman–Crippen MR) is 38.8 cm³/mol. The van der Waals surface area contributed by atoms with Crippen LogP contribution in [0.4, 0.5) is 0 Å². The molecule has 10 heavy (non-hydrogen) atoms. The molecule has 0 amide bonds. The van der Waals surface area contributed by atoms with E-state index in [0.717, 1.165) is 11.8 Å². The van der Waals surface area contributed by atoms with Crippen molar-refractivity contribution in [3.05, 3.63) is 0 Å². The lowest BCUT2D eigenvalue weighted by Gasteiger charge is -2.01. The van der Waals surface area contributed by atoms with Gasteiger partial charge >= 0.3 is 5.97 Å². The van der Waals surface area contributed by atoms with Gasteiger partial charge in [-0.1, -0.05) is 11.8 Å². The highest BCUT2D eigenvalue weighted by atomic mass is 32.2. The molecule has 58 valence electrons. The molecule has 0 saturated heterocycles. The average molecular weight is 163 g/mol. The summed E-state index contributed by atoms with van der Waals surface area (Å²) in [6, 6.07) is -1.06. The number of aliphatic carboxylic acids is 1. The van der Waals surface area contributed by atoms with Crippen molar-refractivity contribution in [3.63, 3.8) is 0 Å². The van der Waals surface area contributed by atoms with Crippen molar-refractivity contribution >= 4 is 22.8 Å². The zero-order valence-electron chi connectivity index (χ0n) is 5.53. The van der Waals surface area contributed by atoms with Gasteiger partial charge in [0.25, 0.3) is 0 Å². The molecule has 0 fully saturated rings. The lowest BCUT2D eigenvalue weighted by atomic mass is 10.2. The van der Waals surface area contributed by atoms with Gasteiger partial charge in [-0.05, 0) is 6.26 Å². The molecule has 0 aromatic heterocycles. The van der Waals surface area contributed by atoms with Crippen molar-refractivity contribution in [1.82, 2.24) is 0 Å². The van der Waals surface area contributed by atoms with Gasteiger partial charge in [-0.15, -0.1) is 0 Å². The van der Waals surface area contributed by atoms with Crippen LogP contribution >= 0.6 is 11.8 Å². The molecule has 0 saturated carbocycles. The van der Waals surface area contributed by atoms with E-state index in [1.165, 1.54) is 0 Å². The first-order valence-corrected chi connectivity index (χ1v) is 3.85. The molecule has 0 aliphatic rings. The Morgan fingerprint density at radius 3 is 2.50 bits per heavy atom. The van der Waals surface area contributed by atoms with Crippen LogP contribution in [0.2, 0.25) is 0 Å². The fourth-order valence-corrected chi connectivity index (χ4v) is 0.696. The van der Waals surface area contributed by atoms with Crippen LogP contribution in [-0.4, -0.2) is 28.5 Å². The van der Waals surface area contributed by atoms with E-state index in [1.54, 1.807) is 6.26 Å². The van der Waals surface area contributed by atoms with Crippen LogP contribution in [0, 0.1) is 0 Å². The molecule has 0 bridgehead atoms. The van der Waals surface area contributed by atoms with Crippen molar-refractivity contribution in [3.8, 4) is 0 Å². The fourth-order valence-electron chi connectivity index (χ4n) is 0.350. The molecule has 0 aromatic rings. The van der Waals surface area contributed by atoms with Crippen molar-refractivity contribution in [1.29, 1.82) is 0 Å². The number of carboxylic acids is 1. The van der Waals surface area contributed by atoms with Gasteiger partial charge in [0.1, 0.15) is 6.04 Å². The Morgan fingerprint density at radius 2 is 2.20 bits per heavy atom. The number of hydrogen-bond acceptors (Lipinski definition) is 4. The van der Waals surface area contributed by atoms with Gasteiger partial charge < -0.3 is 10.8 Å². The van der Waals surface area contributed by atoms with E-state index in [9.17, 15) is 9.59 Å². The first-order valence-electron chi connectivity index (χ1n) is 2.63. The summed E-state index contributed by atoms with van der Waals surface area (Å²) in [6.45, 7) is 0. The average Bonchev–Trinajstić information content (AvgIpc) is 1.87. The van der Waals surface area contributed by atoms with Crippen LogP contribution in [0.3, 0.4) is 0 Å². The maximum absolute atomic E-state index is 10.5. The molecule has 0 aromatic carbocycles. The third kappa shape index (κ3) is 3.47. The van der Waals surface area contributed by atoms with E-state index in [2.05, 4.69) is 0 Å². The molecular weight excluding hydrogens is 154 g/mol. The number of carbonyl (C=O) groups excluding carboxylic acids is 1. The van der Waals surface area contributed by atoms with Gasteiger partial charge in [-0.25, -0.2) is 0 Å². The lowest BCUT2D eigenvalue weighted by molar-refractivity contribution is -0.139. The quantitative estimate of drug-likeness (QED) is 0.596. The maximum atomic E-state index is 10.5. The van der Waals surface area contributed by atoms with Gasteiger partial charge in [0, 0.05) is 6.42 Å². The van der Waals surface area contributed by atoms with Crippen molar-refractivity contribution in [2.75, 3.05) is 6.26 Å². The number of rotatable bonds is 3. The molecule has 0 radical (unpaired) electrons. The Kier molecular flexibility index (Phi) is 4.06. The topological polar surface area (TPSA) is 80.4 Å². The van der Waals surface area contributed by atoms with Crippen LogP contribution in [0.25, 0.3) is 0 Å². The van der Waals surface area contributed by atoms with Gasteiger partial charge in [0.05, 0.1) is 0 Å². The minimum Gasteiger partial charge on any atom is -0.480 e. The largest absolute Gasteiger partial charge is 0.480 e. The lowest BCUT2D eigenvalue weighted by Crippen LogP contribution is -2.31. The highest BCUT2D eigenvalue weighted by molar-refractivity contribution is 8.13. The van der Waals surface area contributed by atoms with Crippen LogP contribution < -0.4 is 5.73 Å². The van der Waals surface area contributed by atoms with Crippen molar-refractivity contribution < 1.29 is 14.7 Å². The number of carbonyl (C=O) groups is 2. The van der Waals surface area contributed by atoms with Gasteiger partial charge in [0.15, 0.2) is 5.12 Å². The van der Waals surface area contributed by atoms with Crippen molar-refractivity contribution in [2.24, 2.45) is 5.73 Å². The minimum absolute atomic E-state index is 0.101. The molecule has 3 N–H and O–H groups in total. The van der Waals surface area contributed by atoms with Gasteiger partial charge in [-0.3, -0.25) is 9.59 Å². The molecule has 0 rings (SSSR count). The molecule has 0 aliphatic carbocycles. The number of nitrogens with two attached hydrogens (primary N) is 1. The minimum atomic E-state index is -1.14. The summed E-state index contributed by atoms with van der Waals surface area (Å²) in [4.78, 5) is 20.6. The Balaban J connectivity index is 3.68. The summed E-state index contributed by atoms with van der Waals surface area (Å²) in [7, 11) is 0. The Hall–Kier alpha value is -0.550. The Bertz CT molecular complexity index is 148. The van der Waals surface area contributed by atoms with E-state index in [4.69, 9.17) is 10.8 Å². The molecule has 5 heteroatoms. The molecule has 0 heterocycles. The van der Waals surface area contributed by atoms with Crippen LogP contribution in [0.1, 0.15) is 6.42 Å². The van der Waals surface area contributed by atoms with Gasteiger partial charge in [-0.2, -0.15) is 0 Å². The molecule has 4 nitrogen and oxygen atoms in total. The van der Waals surface area contributed by atoms with E-state index >= 15 is 0 Å². The fraction of sp³-hybridized carbons (Fsp3) is 0.600. The second-order valence-corrected chi connectivity index (χ2v) is 2.59. The first-order chi connectivity index (χ1) is 4.57. The molecule has 0 aliphatic heterocycles. The summed E-state index contributed by atoms with van der Waals surface area (Å²) in [6.07, 6.45) is 1.49. The maximum Gasteiger partial charge on any atom is 0.320 e. The second-order valence-electron chi connectivity index (χ2n) is 1.72. The smallest absolute Gasteiger partial charge is 0.320 e. The Labute approximate surface area is 62.8 Å². The molecule has 1 atom stereocenters. The van der Waals surface area contributed by atoms with Gasteiger partial charge in [0.2, 0.25) is 0 Å². The van der Waals surface area contributed by atoms with Crippen LogP contribution in [0.15, 0.2) is 0 Å². The molecule has 0 spiro atoms. The highest BCUT2D eigenvalue weighted by Crippen LogP contribution is 2.01. The van der Waals surface area contributed by atoms with E-state index in [0.29, 0.717) is 0 Å².